The lowest BCUT2D eigenvalue weighted by molar-refractivity contribution is -0.139. The third-order valence-corrected chi connectivity index (χ3v) is 4.78. The van der Waals surface area contributed by atoms with Gasteiger partial charge in [0.25, 0.3) is 0 Å². The summed E-state index contributed by atoms with van der Waals surface area (Å²) in [5.74, 6) is -0.589. The van der Waals surface area contributed by atoms with Crippen LogP contribution in [0.1, 0.15) is 36.4 Å². The van der Waals surface area contributed by atoms with Crippen molar-refractivity contribution in [2.45, 2.75) is 31.5 Å². The van der Waals surface area contributed by atoms with Gasteiger partial charge in [-0.25, -0.2) is 4.39 Å². The van der Waals surface area contributed by atoms with Crippen LogP contribution in [0.25, 0.3) is 0 Å². The van der Waals surface area contributed by atoms with Crippen LogP contribution in [0.2, 0.25) is 0 Å². The molecule has 1 N–H and O–H groups in total. The molecule has 1 aromatic rings. The number of halogens is 4. The summed E-state index contributed by atoms with van der Waals surface area (Å²) in [6, 6.07) is 2.87. The number of alkyl halides is 3. The summed E-state index contributed by atoms with van der Waals surface area (Å²) in [6.07, 6.45) is -1.56. The summed E-state index contributed by atoms with van der Waals surface area (Å²) in [5.41, 5.74) is -0.580. The molecule has 0 bridgehead atoms. The Morgan fingerprint density at radius 1 is 1.14 bits per heavy atom. The van der Waals surface area contributed by atoms with E-state index in [4.69, 9.17) is 0 Å². The molecule has 22 heavy (non-hydrogen) atoms. The Morgan fingerprint density at radius 3 is 2.36 bits per heavy atom. The van der Waals surface area contributed by atoms with Gasteiger partial charge in [-0.05, 0) is 36.5 Å². The van der Waals surface area contributed by atoms with Gasteiger partial charge in [0.05, 0.1) is 5.56 Å². The van der Waals surface area contributed by atoms with Crippen LogP contribution in [0, 0.1) is 11.7 Å². The maximum Gasteiger partial charge on any atom is 0.416 e. The highest BCUT2D eigenvalue weighted by Crippen LogP contribution is 2.45. The fourth-order valence-corrected chi connectivity index (χ4v) is 3.50. The number of rotatable bonds is 3. The maximum absolute atomic E-state index is 13.4. The first-order valence-electron chi connectivity index (χ1n) is 7.78. The second-order valence-electron chi connectivity index (χ2n) is 6.15. The van der Waals surface area contributed by atoms with Crippen molar-refractivity contribution in [3.05, 3.63) is 35.1 Å². The van der Waals surface area contributed by atoms with Crippen LogP contribution in [-0.2, 0) is 6.18 Å². The van der Waals surface area contributed by atoms with Gasteiger partial charge in [0.2, 0.25) is 0 Å². The van der Waals surface area contributed by atoms with Gasteiger partial charge in [-0.2, -0.15) is 13.2 Å². The summed E-state index contributed by atoms with van der Waals surface area (Å²) in [7, 11) is 0. The molecule has 1 atom stereocenters. The molecule has 2 nitrogen and oxygen atoms in total. The largest absolute Gasteiger partial charge is 0.416 e. The molecule has 0 spiro atoms. The van der Waals surface area contributed by atoms with Crippen molar-refractivity contribution in [2.75, 3.05) is 26.2 Å². The number of nitrogens with one attached hydrogen (secondary N) is 1. The molecular formula is C16H20F4N2. The Bertz CT molecular complexity index is 519. The molecule has 1 saturated heterocycles. The molecule has 2 aliphatic rings. The fourth-order valence-electron chi connectivity index (χ4n) is 3.50. The predicted molar refractivity (Wildman–Crippen MR) is 75.9 cm³/mol. The Labute approximate surface area is 127 Å². The van der Waals surface area contributed by atoms with Gasteiger partial charge in [0.1, 0.15) is 5.82 Å². The van der Waals surface area contributed by atoms with Crippen molar-refractivity contribution in [3.63, 3.8) is 0 Å². The van der Waals surface area contributed by atoms with E-state index < -0.39 is 17.6 Å². The molecular weight excluding hydrogens is 296 g/mol. The molecule has 0 radical (unpaired) electrons. The highest BCUT2D eigenvalue weighted by Gasteiger charge is 2.41. The first-order valence-corrected chi connectivity index (χ1v) is 7.78. The van der Waals surface area contributed by atoms with Gasteiger partial charge in [0.15, 0.2) is 0 Å². The van der Waals surface area contributed by atoms with Crippen molar-refractivity contribution in [3.8, 4) is 0 Å². The van der Waals surface area contributed by atoms with E-state index >= 15 is 0 Å². The van der Waals surface area contributed by atoms with Crippen LogP contribution in [0.3, 0.4) is 0 Å². The van der Waals surface area contributed by atoms with E-state index in [1.807, 2.05) is 0 Å². The lowest BCUT2D eigenvalue weighted by Gasteiger charge is -2.44. The van der Waals surface area contributed by atoms with Crippen molar-refractivity contribution in [2.24, 2.45) is 5.92 Å². The third kappa shape index (κ3) is 3.13. The standard InChI is InChI=1S/C16H20F4N2/c17-12-4-5-13(14(10-12)16(18,19)20)15(11-2-1-3-11)22-8-6-21-7-9-22/h4-5,10-11,15,21H,1-3,6-9H2/t15-/m0/s1. The first kappa shape index (κ1) is 15.7. The number of piperazine rings is 1. The van der Waals surface area contributed by atoms with E-state index in [2.05, 4.69) is 10.2 Å². The molecule has 1 aliphatic carbocycles. The minimum absolute atomic E-state index is 0.237. The molecule has 122 valence electrons. The summed E-state index contributed by atoms with van der Waals surface area (Å²) >= 11 is 0. The minimum Gasteiger partial charge on any atom is -0.314 e. The highest BCUT2D eigenvalue weighted by atomic mass is 19.4. The average molecular weight is 316 g/mol. The van der Waals surface area contributed by atoms with Gasteiger partial charge in [-0.3, -0.25) is 4.90 Å². The summed E-state index contributed by atoms with van der Waals surface area (Å²) < 4.78 is 53.4. The Kier molecular flexibility index (Phi) is 4.41. The van der Waals surface area contributed by atoms with Crippen molar-refractivity contribution in [1.82, 2.24) is 10.2 Å². The molecule has 0 aromatic heterocycles. The third-order valence-electron chi connectivity index (χ3n) is 4.78. The van der Waals surface area contributed by atoms with Gasteiger partial charge >= 0.3 is 6.18 Å². The van der Waals surface area contributed by atoms with E-state index in [0.717, 1.165) is 51.5 Å². The van der Waals surface area contributed by atoms with E-state index in [1.54, 1.807) is 0 Å². The summed E-state index contributed by atoms with van der Waals surface area (Å²) in [5, 5.41) is 3.23. The second kappa shape index (κ2) is 6.16. The molecule has 1 aliphatic heterocycles. The van der Waals surface area contributed by atoms with Crippen molar-refractivity contribution >= 4 is 0 Å². The Hall–Kier alpha value is -1.14. The Balaban J connectivity index is 2.00. The van der Waals surface area contributed by atoms with Crippen LogP contribution in [0.5, 0.6) is 0 Å². The van der Waals surface area contributed by atoms with E-state index in [-0.39, 0.29) is 17.5 Å². The van der Waals surface area contributed by atoms with Gasteiger partial charge in [-0.15, -0.1) is 0 Å². The van der Waals surface area contributed by atoms with E-state index in [0.29, 0.717) is 6.07 Å². The molecule has 6 heteroatoms. The molecule has 2 fully saturated rings. The molecule has 0 amide bonds. The molecule has 0 unspecified atom stereocenters. The van der Waals surface area contributed by atoms with Crippen molar-refractivity contribution in [1.29, 1.82) is 0 Å². The quantitative estimate of drug-likeness (QED) is 0.857. The zero-order valence-electron chi connectivity index (χ0n) is 12.3. The second-order valence-corrected chi connectivity index (χ2v) is 6.15. The average Bonchev–Trinajstić information content (AvgIpc) is 2.43. The topological polar surface area (TPSA) is 15.3 Å². The monoisotopic (exact) mass is 316 g/mol. The molecule has 1 heterocycles. The summed E-state index contributed by atoms with van der Waals surface area (Å²) in [6.45, 7) is 3.03. The fraction of sp³-hybridized carbons (Fsp3) is 0.625. The number of hydrogen-bond donors (Lipinski definition) is 1. The number of nitrogens with zero attached hydrogens (tertiary/aromatic N) is 1. The molecule has 1 saturated carbocycles. The van der Waals surface area contributed by atoms with Crippen LogP contribution >= 0.6 is 0 Å². The predicted octanol–water partition coefficient (Wildman–Crippen LogP) is 3.59. The van der Waals surface area contributed by atoms with Gasteiger partial charge in [-0.1, -0.05) is 12.5 Å². The SMILES string of the molecule is Fc1ccc([C@H](C2CCC2)N2CCNCC2)c(C(F)(F)F)c1. The first-order chi connectivity index (χ1) is 10.5. The van der Waals surface area contributed by atoms with Crippen molar-refractivity contribution < 1.29 is 17.6 Å². The lowest BCUT2D eigenvalue weighted by atomic mass is 9.75. The zero-order valence-corrected chi connectivity index (χ0v) is 12.3. The van der Waals surface area contributed by atoms with Crippen LogP contribution < -0.4 is 5.32 Å². The number of hydrogen-bond acceptors (Lipinski definition) is 2. The smallest absolute Gasteiger partial charge is 0.314 e. The Morgan fingerprint density at radius 2 is 1.82 bits per heavy atom. The lowest BCUT2D eigenvalue weighted by Crippen LogP contribution is -2.48. The molecule has 3 rings (SSSR count). The van der Waals surface area contributed by atoms with Crippen LogP contribution in [-0.4, -0.2) is 31.1 Å². The molecule has 1 aromatic carbocycles. The number of benzene rings is 1. The summed E-state index contributed by atoms with van der Waals surface area (Å²) in [4.78, 5) is 2.13. The maximum atomic E-state index is 13.4. The van der Waals surface area contributed by atoms with Crippen LogP contribution in [0.4, 0.5) is 17.6 Å². The van der Waals surface area contributed by atoms with E-state index in [9.17, 15) is 17.6 Å². The highest BCUT2D eigenvalue weighted by molar-refractivity contribution is 5.34. The van der Waals surface area contributed by atoms with Gasteiger partial charge < -0.3 is 5.32 Å². The van der Waals surface area contributed by atoms with Crippen LogP contribution in [0.15, 0.2) is 18.2 Å². The normalized spacial score (nSPS) is 22.4. The zero-order chi connectivity index (χ0) is 15.7. The van der Waals surface area contributed by atoms with Gasteiger partial charge in [0, 0.05) is 32.2 Å². The van der Waals surface area contributed by atoms with E-state index in [1.165, 1.54) is 6.07 Å². The minimum atomic E-state index is -4.52.